The van der Waals surface area contributed by atoms with Gasteiger partial charge < -0.3 is 10.6 Å². The zero-order valence-corrected chi connectivity index (χ0v) is 21.3. The molecule has 5 nitrogen and oxygen atoms in total. The molecule has 0 spiro atoms. The van der Waals surface area contributed by atoms with Gasteiger partial charge in [0.2, 0.25) is 5.91 Å². The lowest BCUT2D eigenvalue weighted by Gasteiger charge is -2.41. The van der Waals surface area contributed by atoms with E-state index in [0.717, 1.165) is 23.6 Å². The highest BCUT2D eigenvalue weighted by atomic mass is 16.2. The van der Waals surface area contributed by atoms with Gasteiger partial charge in [0.25, 0.3) is 0 Å². The fourth-order valence-electron chi connectivity index (χ4n) is 6.09. The number of nitrogens with zero attached hydrogens (tertiary/aromatic N) is 3. The van der Waals surface area contributed by atoms with Crippen molar-refractivity contribution in [1.29, 1.82) is 0 Å². The van der Waals surface area contributed by atoms with Crippen molar-refractivity contribution in [2.75, 3.05) is 25.5 Å². The molecule has 35 heavy (non-hydrogen) atoms. The Balaban J connectivity index is 1.42. The summed E-state index contributed by atoms with van der Waals surface area (Å²) >= 11 is 0. The van der Waals surface area contributed by atoms with Crippen LogP contribution in [-0.2, 0) is 10.3 Å². The standard InChI is InChI=1S/C30H38N4O/c1-30(24-15-16-25(22-11-12-22)26(17-24)33(2)18-19-5-4-6-19)27(28(35)34(3)29(31)32-30)23-13-9-21(10-14-23)20-7-8-20/h9-10,13-17,19-20,22,27H,4-8,11-12,18H2,1-3H3,(H2,31,32)/t27-,30+/m0/s1. The number of rotatable bonds is 7. The summed E-state index contributed by atoms with van der Waals surface area (Å²) in [6, 6.07) is 15.5. The molecule has 0 saturated heterocycles. The van der Waals surface area contributed by atoms with Crippen LogP contribution < -0.4 is 10.6 Å². The summed E-state index contributed by atoms with van der Waals surface area (Å²) in [6.45, 7) is 3.19. The number of guanidine groups is 1. The summed E-state index contributed by atoms with van der Waals surface area (Å²) in [4.78, 5) is 22.7. The molecule has 3 aliphatic carbocycles. The molecule has 3 fully saturated rings. The highest BCUT2D eigenvalue weighted by molar-refractivity contribution is 6.02. The SMILES string of the molecule is CN1C(=O)[C@H](c2ccc(C3CC3)cc2)[C@@](C)(c2ccc(C3CC3)c(N(C)CC3CCC3)c2)N=C1N. The van der Waals surface area contributed by atoms with Crippen molar-refractivity contribution >= 4 is 17.6 Å². The Kier molecular flexibility index (Phi) is 5.43. The van der Waals surface area contributed by atoms with Crippen LogP contribution in [0, 0.1) is 5.92 Å². The Morgan fingerprint density at radius 1 is 1.00 bits per heavy atom. The van der Waals surface area contributed by atoms with Crippen LogP contribution in [0.15, 0.2) is 47.5 Å². The van der Waals surface area contributed by atoms with E-state index in [1.54, 1.807) is 7.05 Å². The van der Waals surface area contributed by atoms with Gasteiger partial charge in [-0.2, -0.15) is 0 Å². The molecular formula is C30H38N4O. The molecule has 2 aromatic rings. The second-order valence-electron chi connectivity index (χ2n) is 11.6. The lowest BCUT2D eigenvalue weighted by atomic mass is 9.73. The average Bonchev–Trinajstić information content (AvgIpc) is 3.73. The Morgan fingerprint density at radius 2 is 1.66 bits per heavy atom. The van der Waals surface area contributed by atoms with E-state index in [4.69, 9.17) is 10.7 Å². The molecule has 6 rings (SSSR count). The van der Waals surface area contributed by atoms with Crippen LogP contribution >= 0.6 is 0 Å². The van der Waals surface area contributed by atoms with E-state index in [9.17, 15) is 4.79 Å². The number of benzene rings is 2. The number of aliphatic imine (C=N–C) groups is 1. The van der Waals surface area contributed by atoms with Crippen molar-refractivity contribution in [1.82, 2.24) is 4.90 Å². The van der Waals surface area contributed by atoms with Crippen LogP contribution in [0.4, 0.5) is 5.69 Å². The summed E-state index contributed by atoms with van der Waals surface area (Å²) < 4.78 is 0. The third-order valence-corrected chi connectivity index (χ3v) is 8.95. The van der Waals surface area contributed by atoms with Gasteiger partial charge in [-0.1, -0.05) is 42.8 Å². The molecule has 0 bridgehead atoms. The summed E-state index contributed by atoms with van der Waals surface area (Å²) in [5.74, 6) is 2.03. The predicted octanol–water partition coefficient (Wildman–Crippen LogP) is 5.46. The molecule has 2 atom stereocenters. The first kappa shape index (κ1) is 22.6. The number of likely N-dealkylation sites (N-methyl/N-ethyl adjacent to an activating group) is 1. The van der Waals surface area contributed by atoms with Crippen LogP contribution in [0.3, 0.4) is 0 Å². The Bertz CT molecular complexity index is 1160. The Labute approximate surface area is 209 Å². The van der Waals surface area contributed by atoms with Gasteiger partial charge in [-0.15, -0.1) is 0 Å². The van der Waals surface area contributed by atoms with E-state index in [-0.39, 0.29) is 5.91 Å². The van der Waals surface area contributed by atoms with Crippen molar-refractivity contribution < 1.29 is 4.79 Å². The van der Waals surface area contributed by atoms with Crippen LogP contribution in [-0.4, -0.2) is 37.4 Å². The molecule has 5 heteroatoms. The highest BCUT2D eigenvalue weighted by Crippen LogP contribution is 2.49. The smallest absolute Gasteiger partial charge is 0.239 e. The monoisotopic (exact) mass is 470 g/mol. The van der Waals surface area contributed by atoms with E-state index in [1.165, 1.54) is 66.7 Å². The second kappa shape index (κ2) is 8.39. The van der Waals surface area contributed by atoms with Crippen LogP contribution in [0.25, 0.3) is 0 Å². The summed E-state index contributed by atoms with van der Waals surface area (Å²) in [6.07, 6.45) is 9.11. The van der Waals surface area contributed by atoms with Gasteiger partial charge in [0.15, 0.2) is 5.96 Å². The van der Waals surface area contributed by atoms with Gasteiger partial charge in [-0.25, -0.2) is 4.99 Å². The van der Waals surface area contributed by atoms with Crippen molar-refractivity contribution in [3.8, 4) is 0 Å². The normalized spacial score (nSPS) is 26.9. The molecule has 184 valence electrons. The first-order valence-electron chi connectivity index (χ1n) is 13.4. The molecule has 0 unspecified atom stereocenters. The van der Waals surface area contributed by atoms with Gasteiger partial charge in [0.05, 0.1) is 5.92 Å². The molecule has 0 aromatic heterocycles. The zero-order chi connectivity index (χ0) is 24.3. The molecule has 4 aliphatic rings. The number of hydrogen-bond donors (Lipinski definition) is 1. The average molecular weight is 471 g/mol. The van der Waals surface area contributed by atoms with E-state index < -0.39 is 11.5 Å². The van der Waals surface area contributed by atoms with Crippen LogP contribution in [0.2, 0.25) is 0 Å². The predicted molar refractivity (Wildman–Crippen MR) is 142 cm³/mol. The summed E-state index contributed by atoms with van der Waals surface area (Å²) in [5, 5.41) is 0. The van der Waals surface area contributed by atoms with Crippen LogP contribution in [0.1, 0.15) is 91.9 Å². The van der Waals surface area contributed by atoms with E-state index in [1.807, 2.05) is 0 Å². The lowest BCUT2D eigenvalue weighted by molar-refractivity contribution is -0.130. The Morgan fingerprint density at radius 3 is 2.26 bits per heavy atom. The van der Waals surface area contributed by atoms with Gasteiger partial charge in [0, 0.05) is 26.3 Å². The summed E-state index contributed by atoms with van der Waals surface area (Å²) in [5.41, 5.74) is 11.8. The number of amides is 1. The molecule has 1 heterocycles. The maximum atomic E-state index is 13.7. The highest BCUT2D eigenvalue weighted by Gasteiger charge is 2.47. The van der Waals surface area contributed by atoms with E-state index in [2.05, 4.69) is 61.3 Å². The minimum absolute atomic E-state index is 0.00909. The van der Waals surface area contributed by atoms with Gasteiger partial charge in [0.1, 0.15) is 5.54 Å². The summed E-state index contributed by atoms with van der Waals surface area (Å²) in [7, 11) is 3.97. The lowest BCUT2D eigenvalue weighted by Crippen LogP contribution is -2.52. The molecule has 3 saturated carbocycles. The molecular weight excluding hydrogens is 432 g/mol. The largest absolute Gasteiger partial charge is 0.374 e. The number of carbonyl (C=O) groups excluding carboxylic acids is 1. The second-order valence-corrected chi connectivity index (χ2v) is 11.6. The molecule has 0 radical (unpaired) electrons. The minimum atomic E-state index is -0.761. The first-order chi connectivity index (χ1) is 16.8. The maximum Gasteiger partial charge on any atom is 0.239 e. The van der Waals surface area contributed by atoms with E-state index in [0.29, 0.717) is 17.8 Å². The Hall–Kier alpha value is -2.82. The van der Waals surface area contributed by atoms with Gasteiger partial charge in [-0.3, -0.25) is 9.69 Å². The maximum absolute atomic E-state index is 13.7. The topological polar surface area (TPSA) is 61.9 Å². The minimum Gasteiger partial charge on any atom is -0.374 e. The van der Waals surface area contributed by atoms with Gasteiger partial charge >= 0.3 is 0 Å². The first-order valence-corrected chi connectivity index (χ1v) is 13.4. The molecule has 2 aromatic carbocycles. The van der Waals surface area contributed by atoms with Crippen LogP contribution in [0.5, 0.6) is 0 Å². The number of hydrogen-bond acceptors (Lipinski definition) is 4. The van der Waals surface area contributed by atoms with Crippen molar-refractivity contribution in [2.24, 2.45) is 16.6 Å². The zero-order valence-electron chi connectivity index (χ0n) is 21.3. The van der Waals surface area contributed by atoms with Crippen molar-refractivity contribution in [2.45, 2.75) is 75.2 Å². The molecule has 1 amide bonds. The number of nitrogens with two attached hydrogens (primary N) is 1. The van der Waals surface area contributed by atoms with Crippen molar-refractivity contribution in [3.05, 3.63) is 64.7 Å². The number of anilines is 1. The quantitative estimate of drug-likeness (QED) is 0.584. The third-order valence-electron chi connectivity index (χ3n) is 8.95. The fraction of sp³-hybridized carbons (Fsp3) is 0.533. The van der Waals surface area contributed by atoms with E-state index >= 15 is 0 Å². The number of carbonyl (C=O) groups is 1. The third kappa shape index (κ3) is 4.03. The van der Waals surface area contributed by atoms with Crippen molar-refractivity contribution in [3.63, 3.8) is 0 Å². The fourth-order valence-corrected chi connectivity index (χ4v) is 6.09. The molecule has 1 aliphatic heterocycles. The van der Waals surface area contributed by atoms with Gasteiger partial charge in [-0.05, 0) is 91.5 Å². The molecule has 2 N–H and O–H groups in total.